The standard InChI is InChI=1S/C12H13N3O6/c13-6-12(15-3-1-8(17)14-10(15)19)11(2-4-20-11)9(18)7(5-16)21-12/h1,3,7,9,16,18H,2,4-5H2,(H,14,17,19). The highest BCUT2D eigenvalue weighted by molar-refractivity contribution is 5.23. The number of aromatic amines is 1. The summed E-state index contributed by atoms with van der Waals surface area (Å²) in [5.41, 5.74) is -4.87. The summed E-state index contributed by atoms with van der Waals surface area (Å²) in [5.74, 6) is 0. The first kappa shape index (κ1) is 14.0. The minimum atomic E-state index is -1.95. The summed E-state index contributed by atoms with van der Waals surface area (Å²) in [6.07, 6.45) is -0.942. The molecule has 3 N–H and O–H groups in total. The van der Waals surface area contributed by atoms with Crippen LogP contribution in [0.25, 0.3) is 0 Å². The number of ether oxygens (including phenoxy) is 2. The molecule has 9 heteroatoms. The van der Waals surface area contributed by atoms with Crippen molar-refractivity contribution in [1.29, 1.82) is 5.26 Å². The number of nitrogens with one attached hydrogen (secondary N) is 1. The van der Waals surface area contributed by atoms with Crippen LogP contribution in [0.3, 0.4) is 0 Å². The highest BCUT2D eigenvalue weighted by Crippen LogP contribution is 2.51. The molecule has 1 spiro atoms. The number of aliphatic hydroxyl groups is 2. The molecule has 9 nitrogen and oxygen atoms in total. The monoisotopic (exact) mass is 295 g/mol. The van der Waals surface area contributed by atoms with E-state index in [0.29, 0.717) is 6.61 Å². The van der Waals surface area contributed by atoms with Crippen molar-refractivity contribution in [1.82, 2.24) is 9.55 Å². The SMILES string of the molecule is N#CC1(n2ccc(=O)[nH]c2=O)OC(CO)C(O)C12CCO2. The van der Waals surface area contributed by atoms with E-state index >= 15 is 0 Å². The zero-order chi connectivity index (χ0) is 15.3. The smallest absolute Gasteiger partial charge is 0.331 e. The number of hydrogen-bond donors (Lipinski definition) is 3. The van der Waals surface area contributed by atoms with E-state index in [9.17, 15) is 25.1 Å². The van der Waals surface area contributed by atoms with Crippen LogP contribution in [0.4, 0.5) is 0 Å². The van der Waals surface area contributed by atoms with Gasteiger partial charge in [0.1, 0.15) is 18.3 Å². The Labute approximate surface area is 118 Å². The lowest BCUT2D eigenvalue weighted by Crippen LogP contribution is -2.66. The Hall–Kier alpha value is -1.99. The van der Waals surface area contributed by atoms with Crippen LogP contribution in [0.2, 0.25) is 0 Å². The van der Waals surface area contributed by atoms with Crippen LogP contribution in [-0.4, -0.2) is 50.8 Å². The van der Waals surface area contributed by atoms with E-state index in [0.717, 1.165) is 16.8 Å². The highest BCUT2D eigenvalue weighted by Gasteiger charge is 2.71. The molecule has 3 heterocycles. The van der Waals surface area contributed by atoms with Gasteiger partial charge < -0.3 is 19.7 Å². The molecule has 4 atom stereocenters. The first-order valence-electron chi connectivity index (χ1n) is 6.35. The number of nitrogens with zero attached hydrogens (tertiary/aromatic N) is 2. The lowest BCUT2D eigenvalue weighted by molar-refractivity contribution is -0.255. The maximum Gasteiger partial charge on any atom is 0.331 e. The number of rotatable bonds is 2. The molecule has 0 bridgehead atoms. The van der Waals surface area contributed by atoms with Gasteiger partial charge >= 0.3 is 5.69 Å². The van der Waals surface area contributed by atoms with Crippen molar-refractivity contribution in [3.63, 3.8) is 0 Å². The number of hydrogen-bond acceptors (Lipinski definition) is 7. The van der Waals surface area contributed by atoms with Crippen LogP contribution in [0, 0.1) is 11.3 Å². The molecule has 21 heavy (non-hydrogen) atoms. The van der Waals surface area contributed by atoms with Gasteiger partial charge in [-0.05, 0) is 0 Å². The van der Waals surface area contributed by atoms with E-state index in [4.69, 9.17) is 9.47 Å². The number of aromatic nitrogens is 2. The zero-order valence-electron chi connectivity index (χ0n) is 10.9. The quantitative estimate of drug-likeness (QED) is 0.554. The Kier molecular flexibility index (Phi) is 3.00. The van der Waals surface area contributed by atoms with E-state index < -0.39 is 41.4 Å². The second kappa shape index (κ2) is 4.51. The van der Waals surface area contributed by atoms with Crippen molar-refractivity contribution >= 4 is 0 Å². The first-order valence-corrected chi connectivity index (χ1v) is 6.35. The van der Waals surface area contributed by atoms with Crippen LogP contribution in [-0.2, 0) is 15.2 Å². The maximum absolute atomic E-state index is 12.0. The summed E-state index contributed by atoms with van der Waals surface area (Å²) in [5, 5.41) is 29.2. The second-order valence-electron chi connectivity index (χ2n) is 5.01. The van der Waals surface area contributed by atoms with Crippen molar-refractivity contribution in [2.24, 2.45) is 0 Å². The topological polar surface area (TPSA) is 138 Å². The summed E-state index contributed by atoms with van der Waals surface area (Å²) in [6.45, 7) is -0.242. The molecule has 4 unspecified atom stereocenters. The molecule has 0 amide bonds. The fraction of sp³-hybridized carbons (Fsp3) is 0.583. The Morgan fingerprint density at radius 3 is 2.76 bits per heavy atom. The predicted octanol–water partition coefficient (Wildman–Crippen LogP) is -2.38. The van der Waals surface area contributed by atoms with Crippen molar-refractivity contribution in [3.8, 4) is 6.07 Å². The molecule has 3 rings (SSSR count). The minimum absolute atomic E-state index is 0.282. The number of nitriles is 1. The molecule has 1 aromatic rings. The Balaban J connectivity index is 2.22. The van der Waals surface area contributed by atoms with Crippen molar-refractivity contribution < 1.29 is 19.7 Å². The predicted molar refractivity (Wildman–Crippen MR) is 66.2 cm³/mol. The van der Waals surface area contributed by atoms with Crippen LogP contribution >= 0.6 is 0 Å². The van der Waals surface area contributed by atoms with E-state index in [-0.39, 0.29) is 6.42 Å². The average molecular weight is 295 g/mol. The Bertz CT molecular complexity index is 715. The van der Waals surface area contributed by atoms with Crippen LogP contribution in [0.1, 0.15) is 6.42 Å². The molecule has 0 aromatic carbocycles. The largest absolute Gasteiger partial charge is 0.394 e. The van der Waals surface area contributed by atoms with Crippen LogP contribution < -0.4 is 11.2 Å². The van der Waals surface area contributed by atoms with Crippen molar-refractivity contribution in [3.05, 3.63) is 33.1 Å². The van der Waals surface area contributed by atoms with Gasteiger partial charge in [0.25, 0.3) is 11.3 Å². The molecule has 0 radical (unpaired) electrons. The van der Waals surface area contributed by atoms with E-state index in [1.165, 1.54) is 0 Å². The fourth-order valence-corrected chi connectivity index (χ4v) is 2.94. The molecular formula is C12H13N3O6. The van der Waals surface area contributed by atoms with Gasteiger partial charge in [-0.25, -0.2) is 4.79 Å². The van der Waals surface area contributed by atoms with Crippen LogP contribution in [0.5, 0.6) is 0 Å². The van der Waals surface area contributed by atoms with Gasteiger partial charge in [0.15, 0.2) is 5.60 Å². The number of aliphatic hydroxyl groups excluding tert-OH is 2. The van der Waals surface area contributed by atoms with Gasteiger partial charge in [-0.1, -0.05) is 0 Å². The lowest BCUT2D eigenvalue weighted by atomic mass is 9.79. The van der Waals surface area contributed by atoms with E-state index in [1.807, 2.05) is 11.1 Å². The molecule has 2 aliphatic rings. The maximum atomic E-state index is 12.0. The van der Waals surface area contributed by atoms with Gasteiger partial charge in [-0.3, -0.25) is 14.3 Å². The molecule has 2 fully saturated rings. The Morgan fingerprint density at radius 1 is 1.57 bits per heavy atom. The second-order valence-corrected chi connectivity index (χ2v) is 5.01. The van der Waals surface area contributed by atoms with Gasteiger partial charge in [0.05, 0.1) is 13.2 Å². The summed E-state index contributed by atoms with van der Waals surface area (Å²) >= 11 is 0. The summed E-state index contributed by atoms with van der Waals surface area (Å²) < 4.78 is 11.8. The molecule has 2 saturated heterocycles. The fourth-order valence-electron chi connectivity index (χ4n) is 2.94. The molecule has 1 aromatic heterocycles. The molecule has 0 aliphatic carbocycles. The number of H-pyrrole nitrogens is 1. The molecule has 112 valence electrons. The lowest BCUT2D eigenvalue weighted by Gasteiger charge is -2.47. The van der Waals surface area contributed by atoms with Crippen LogP contribution in [0.15, 0.2) is 21.9 Å². The van der Waals surface area contributed by atoms with Gasteiger partial charge in [0.2, 0.25) is 0 Å². The third-order valence-corrected chi connectivity index (χ3v) is 4.05. The van der Waals surface area contributed by atoms with Gasteiger partial charge in [-0.2, -0.15) is 5.26 Å². The summed E-state index contributed by atoms with van der Waals surface area (Å²) in [4.78, 5) is 25.2. The van der Waals surface area contributed by atoms with E-state index in [1.54, 1.807) is 0 Å². The van der Waals surface area contributed by atoms with Gasteiger partial charge in [-0.15, -0.1) is 0 Å². The van der Waals surface area contributed by atoms with Crippen molar-refractivity contribution in [2.45, 2.75) is 30.0 Å². The zero-order valence-corrected chi connectivity index (χ0v) is 10.9. The highest BCUT2D eigenvalue weighted by atomic mass is 16.6. The third kappa shape index (κ3) is 1.58. The summed E-state index contributed by atoms with van der Waals surface area (Å²) in [6, 6.07) is 2.93. The van der Waals surface area contributed by atoms with E-state index in [2.05, 4.69) is 0 Å². The first-order chi connectivity index (χ1) is 10.0. The van der Waals surface area contributed by atoms with Crippen molar-refractivity contribution in [2.75, 3.05) is 13.2 Å². The minimum Gasteiger partial charge on any atom is -0.394 e. The third-order valence-electron chi connectivity index (χ3n) is 4.05. The normalized spacial score (nSPS) is 38.1. The molecular weight excluding hydrogens is 282 g/mol. The molecule has 2 aliphatic heterocycles. The molecule has 0 saturated carbocycles. The van der Waals surface area contributed by atoms with Gasteiger partial charge in [0, 0.05) is 18.7 Å². The Morgan fingerprint density at radius 2 is 2.29 bits per heavy atom. The summed E-state index contributed by atoms with van der Waals surface area (Å²) in [7, 11) is 0. The average Bonchev–Trinajstić information content (AvgIpc) is 2.68.